The van der Waals surface area contributed by atoms with Crippen molar-refractivity contribution in [3.63, 3.8) is 0 Å². The molecule has 0 saturated carbocycles. The lowest BCUT2D eigenvalue weighted by Gasteiger charge is -2.11. The Balaban J connectivity index is 1.64. The third-order valence-corrected chi connectivity index (χ3v) is 4.20. The van der Waals surface area contributed by atoms with Crippen molar-refractivity contribution in [1.29, 1.82) is 0 Å². The van der Waals surface area contributed by atoms with Crippen LogP contribution in [0.15, 0.2) is 42.9 Å². The van der Waals surface area contributed by atoms with Gasteiger partial charge in [0.05, 0.1) is 18.1 Å². The second-order valence-electron chi connectivity index (χ2n) is 6.44. The van der Waals surface area contributed by atoms with Gasteiger partial charge in [-0.1, -0.05) is 17.7 Å². The lowest BCUT2D eigenvalue weighted by molar-refractivity contribution is -0.140. The average Bonchev–Trinajstić information content (AvgIpc) is 3.29. The van der Waals surface area contributed by atoms with Gasteiger partial charge in [0.1, 0.15) is 17.5 Å². The molecule has 2 aromatic heterocycles. The molecule has 28 heavy (non-hydrogen) atoms. The third kappa shape index (κ3) is 4.20. The standard InChI is InChI=1S/C19H21N5O4/c1-12-4-5-17(13(2)8-12)28-11-23-10-15(9-21-23)22-18(25)16-6-7-20-24(16)14(3)19(26)27/h4-10,14H,11H2,1-3H3,(H,22,25)(H,26,27). The number of carbonyl (C=O) groups is 2. The first-order chi connectivity index (χ1) is 13.3. The molecule has 146 valence electrons. The van der Waals surface area contributed by atoms with E-state index in [1.807, 2.05) is 32.0 Å². The molecule has 0 aliphatic carbocycles. The first-order valence-electron chi connectivity index (χ1n) is 8.65. The van der Waals surface area contributed by atoms with E-state index in [0.29, 0.717) is 5.69 Å². The number of hydrogen-bond donors (Lipinski definition) is 2. The van der Waals surface area contributed by atoms with Gasteiger partial charge in [-0.15, -0.1) is 0 Å². The van der Waals surface area contributed by atoms with E-state index in [0.717, 1.165) is 21.6 Å². The summed E-state index contributed by atoms with van der Waals surface area (Å²) < 4.78 is 8.46. The zero-order valence-electron chi connectivity index (χ0n) is 15.8. The van der Waals surface area contributed by atoms with Crippen LogP contribution < -0.4 is 10.1 Å². The van der Waals surface area contributed by atoms with Crippen LogP contribution in [0.1, 0.15) is 34.6 Å². The predicted molar refractivity (Wildman–Crippen MR) is 101 cm³/mol. The summed E-state index contributed by atoms with van der Waals surface area (Å²) in [7, 11) is 0. The minimum absolute atomic E-state index is 0.147. The van der Waals surface area contributed by atoms with E-state index in [2.05, 4.69) is 15.5 Å². The van der Waals surface area contributed by atoms with Crippen molar-refractivity contribution in [2.45, 2.75) is 33.5 Å². The molecule has 9 heteroatoms. The average molecular weight is 383 g/mol. The number of aryl methyl sites for hydroxylation is 2. The van der Waals surface area contributed by atoms with E-state index in [1.54, 1.807) is 10.9 Å². The van der Waals surface area contributed by atoms with Gasteiger partial charge in [-0.05, 0) is 38.5 Å². The summed E-state index contributed by atoms with van der Waals surface area (Å²) in [5.74, 6) is -0.784. The Bertz CT molecular complexity index is 1010. The van der Waals surface area contributed by atoms with Crippen LogP contribution in [-0.4, -0.2) is 36.5 Å². The Morgan fingerprint density at radius 2 is 2.04 bits per heavy atom. The number of amides is 1. The molecule has 0 bridgehead atoms. The summed E-state index contributed by atoms with van der Waals surface area (Å²) in [6.07, 6.45) is 4.50. The second-order valence-corrected chi connectivity index (χ2v) is 6.44. The topological polar surface area (TPSA) is 111 Å². The molecule has 0 fully saturated rings. The zero-order valence-corrected chi connectivity index (χ0v) is 15.8. The van der Waals surface area contributed by atoms with Gasteiger partial charge in [0.15, 0.2) is 6.73 Å². The highest BCUT2D eigenvalue weighted by Crippen LogP contribution is 2.19. The van der Waals surface area contributed by atoms with Gasteiger partial charge in [-0.25, -0.2) is 14.2 Å². The summed E-state index contributed by atoms with van der Waals surface area (Å²) in [4.78, 5) is 23.6. The van der Waals surface area contributed by atoms with Crippen molar-refractivity contribution in [1.82, 2.24) is 19.6 Å². The van der Waals surface area contributed by atoms with Crippen LogP contribution in [0.25, 0.3) is 0 Å². The number of nitrogens with one attached hydrogen (secondary N) is 1. The van der Waals surface area contributed by atoms with Crippen LogP contribution in [0.4, 0.5) is 5.69 Å². The van der Waals surface area contributed by atoms with Crippen LogP contribution >= 0.6 is 0 Å². The maximum absolute atomic E-state index is 12.5. The van der Waals surface area contributed by atoms with Crippen molar-refractivity contribution >= 4 is 17.6 Å². The van der Waals surface area contributed by atoms with Crippen LogP contribution in [0.5, 0.6) is 5.75 Å². The number of anilines is 1. The van der Waals surface area contributed by atoms with Crippen molar-refractivity contribution < 1.29 is 19.4 Å². The molecule has 3 rings (SSSR count). The zero-order chi connectivity index (χ0) is 20.3. The van der Waals surface area contributed by atoms with Gasteiger partial charge in [-0.2, -0.15) is 10.2 Å². The van der Waals surface area contributed by atoms with Crippen molar-refractivity contribution in [3.05, 3.63) is 59.7 Å². The number of benzene rings is 1. The van der Waals surface area contributed by atoms with Crippen LogP contribution in [0, 0.1) is 13.8 Å². The largest absolute Gasteiger partial charge is 0.480 e. The molecule has 2 N–H and O–H groups in total. The quantitative estimate of drug-likeness (QED) is 0.649. The Morgan fingerprint density at radius 1 is 1.25 bits per heavy atom. The number of aromatic nitrogens is 4. The molecule has 0 radical (unpaired) electrons. The smallest absolute Gasteiger partial charge is 0.328 e. The molecule has 2 heterocycles. The van der Waals surface area contributed by atoms with Crippen molar-refractivity contribution in [3.8, 4) is 5.75 Å². The first kappa shape index (κ1) is 19.2. The summed E-state index contributed by atoms with van der Waals surface area (Å²) in [6.45, 7) is 5.63. The van der Waals surface area contributed by atoms with E-state index in [-0.39, 0.29) is 12.4 Å². The van der Waals surface area contributed by atoms with Gasteiger partial charge >= 0.3 is 5.97 Å². The minimum atomic E-state index is -1.07. The van der Waals surface area contributed by atoms with E-state index in [1.165, 1.54) is 25.4 Å². The number of ether oxygens (including phenoxy) is 1. The maximum Gasteiger partial charge on any atom is 0.328 e. The molecule has 1 atom stereocenters. The molecule has 1 aromatic carbocycles. The van der Waals surface area contributed by atoms with Gasteiger partial charge in [-0.3, -0.25) is 4.79 Å². The predicted octanol–water partition coefficient (Wildman–Crippen LogP) is 2.63. The number of aliphatic carboxylic acids is 1. The lowest BCUT2D eigenvalue weighted by Crippen LogP contribution is -2.24. The number of nitrogens with zero attached hydrogens (tertiary/aromatic N) is 4. The SMILES string of the molecule is Cc1ccc(OCn2cc(NC(=O)c3ccnn3C(C)C(=O)O)cn2)c(C)c1. The molecule has 3 aromatic rings. The Morgan fingerprint density at radius 3 is 2.75 bits per heavy atom. The molecular formula is C19H21N5O4. The molecule has 0 aliphatic heterocycles. The highest BCUT2D eigenvalue weighted by Gasteiger charge is 2.21. The number of carboxylic acid groups (broad SMARTS) is 1. The highest BCUT2D eigenvalue weighted by molar-refractivity contribution is 6.03. The fourth-order valence-corrected chi connectivity index (χ4v) is 2.70. The molecule has 0 saturated heterocycles. The van der Waals surface area contributed by atoms with E-state index in [4.69, 9.17) is 9.84 Å². The molecule has 1 unspecified atom stereocenters. The highest BCUT2D eigenvalue weighted by atomic mass is 16.5. The van der Waals surface area contributed by atoms with Crippen molar-refractivity contribution in [2.75, 3.05) is 5.32 Å². The van der Waals surface area contributed by atoms with Gasteiger partial charge < -0.3 is 15.2 Å². The van der Waals surface area contributed by atoms with E-state index < -0.39 is 17.9 Å². The van der Waals surface area contributed by atoms with Crippen LogP contribution in [0.3, 0.4) is 0 Å². The van der Waals surface area contributed by atoms with Crippen LogP contribution in [-0.2, 0) is 11.5 Å². The van der Waals surface area contributed by atoms with E-state index >= 15 is 0 Å². The summed E-state index contributed by atoms with van der Waals surface area (Å²) in [6, 6.07) is 6.41. The maximum atomic E-state index is 12.5. The van der Waals surface area contributed by atoms with Crippen molar-refractivity contribution in [2.24, 2.45) is 0 Å². The lowest BCUT2D eigenvalue weighted by atomic mass is 10.1. The number of rotatable bonds is 7. The van der Waals surface area contributed by atoms with Crippen LogP contribution in [0.2, 0.25) is 0 Å². The Labute approximate surface area is 161 Å². The summed E-state index contributed by atoms with van der Waals surface area (Å²) in [5.41, 5.74) is 2.80. The monoisotopic (exact) mass is 383 g/mol. The Kier molecular flexibility index (Phi) is 5.44. The molecule has 0 aliphatic rings. The second kappa shape index (κ2) is 7.95. The van der Waals surface area contributed by atoms with Gasteiger partial charge in [0.25, 0.3) is 5.91 Å². The molecular weight excluding hydrogens is 362 g/mol. The normalized spacial score (nSPS) is 11.8. The first-order valence-corrected chi connectivity index (χ1v) is 8.65. The van der Waals surface area contributed by atoms with Gasteiger partial charge in [0.2, 0.25) is 0 Å². The summed E-state index contributed by atoms with van der Waals surface area (Å²) >= 11 is 0. The number of carboxylic acids is 1. The summed E-state index contributed by atoms with van der Waals surface area (Å²) in [5, 5.41) is 19.9. The molecule has 0 spiro atoms. The van der Waals surface area contributed by atoms with Gasteiger partial charge in [0, 0.05) is 6.20 Å². The van der Waals surface area contributed by atoms with E-state index in [9.17, 15) is 9.59 Å². The fourth-order valence-electron chi connectivity index (χ4n) is 2.70. The number of carbonyl (C=O) groups excluding carboxylic acids is 1. The molecule has 1 amide bonds. The fraction of sp³-hybridized carbons (Fsp3) is 0.263. The third-order valence-electron chi connectivity index (χ3n) is 4.20. The minimum Gasteiger partial charge on any atom is -0.480 e. The number of hydrogen-bond acceptors (Lipinski definition) is 5. The molecule has 9 nitrogen and oxygen atoms in total. The Hall–Kier alpha value is -3.62.